The van der Waals surface area contributed by atoms with Gasteiger partial charge in [0.2, 0.25) is 0 Å². The second kappa shape index (κ2) is 12.9. The van der Waals surface area contributed by atoms with E-state index in [2.05, 4.69) is 44.5 Å². The van der Waals surface area contributed by atoms with Crippen LogP contribution in [0.5, 0.6) is 11.5 Å². The van der Waals surface area contributed by atoms with Gasteiger partial charge in [0.25, 0.3) is 0 Å². The van der Waals surface area contributed by atoms with Crippen LogP contribution in [-0.2, 0) is 4.74 Å². The van der Waals surface area contributed by atoms with Crippen LogP contribution < -0.4 is 20.1 Å². The number of likely N-dealkylation sites (tertiary alicyclic amines) is 1. The number of hydrogen-bond acceptors (Lipinski definition) is 6. The predicted octanol–water partition coefficient (Wildman–Crippen LogP) is 2.12. The monoisotopic (exact) mass is 447 g/mol. The van der Waals surface area contributed by atoms with Gasteiger partial charge in [-0.15, -0.1) is 0 Å². The number of benzene rings is 1. The van der Waals surface area contributed by atoms with Crippen LogP contribution >= 0.6 is 0 Å². The number of guanidine groups is 1. The van der Waals surface area contributed by atoms with E-state index in [-0.39, 0.29) is 6.04 Å². The van der Waals surface area contributed by atoms with Crippen LogP contribution in [0.3, 0.4) is 0 Å². The largest absolute Gasteiger partial charge is 0.493 e. The lowest BCUT2D eigenvalue weighted by Gasteiger charge is -2.36. The van der Waals surface area contributed by atoms with Crippen molar-refractivity contribution in [3.63, 3.8) is 0 Å². The maximum atomic E-state index is 5.59. The van der Waals surface area contributed by atoms with E-state index in [0.717, 1.165) is 76.2 Å². The topological polar surface area (TPSA) is 70.6 Å². The van der Waals surface area contributed by atoms with Crippen molar-refractivity contribution in [1.29, 1.82) is 0 Å². The van der Waals surface area contributed by atoms with Crippen molar-refractivity contribution < 1.29 is 14.2 Å². The number of rotatable bonds is 9. The van der Waals surface area contributed by atoms with E-state index in [1.165, 1.54) is 18.5 Å². The Hall–Kier alpha value is -2.03. The molecule has 2 heterocycles. The first-order valence-corrected chi connectivity index (χ1v) is 11.9. The number of ether oxygens (including phenoxy) is 3. The first kappa shape index (κ1) is 24.6. The molecule has 1 unspecified atom stereocenters. The molecule has 8 nitrogen and oxygen atoms in total. The zero-order chi connectivity index (χ0) is 22.8. The van der Waals surface area contributed by atoms with Crippen LogP contribution in [0.4, 0.5) is 0 Å². The van der Waals surface area contributed by atoms with Crippen LogP contribution in [-0.4, -0.2) is 95.6 Å². The Bertz CT molecular complexity index is 716. The molecule has 2 aliphatic heterocycles. The van der Waals surface area contributed by atoms with Crippen molar-refractivity contribution in [3.8, 4) is 11.5 Å². The molecule has 0 amide bonds. The third-order valence-corrected chi connectivity index (χ3v) is 6.43. The zero-order valence-electron chi connectivity index (χ0n) is 20.2. The van der Waals surface area contributed by atoms with Gasteiger partial charge in [-0.1, -0.05) is 13.0 Å². The van der Waals surface area contributed by atoms with Gasteiger partial charge in [0, 0.05) is 45.8 Å². The van der Waals surface area contributed by atoms with Gasteiger partial charge in [-0.3, -0.25) is 9.89 Å². The minimum atomic E-state index is 0.184. The maximum absolute atomic E-state index is 5.59. The van der Waals surface area contributed by atoms with Crippen molar-refractivity contribution in [1.82, 2.24) is 20.4 Å². The Labute approximate surface area is 193 Å². The highest BCUT2D eigenvalue weighted by molar-refractivity contribution is 5.80. The molecular formula is C24H41N5O3. The molecule has 0 spiro atoms. The fourth-order valence-electron chi connectivity index (χ4n) is 4.61. The van der Waals surface area contributed by atoms with Gasteiger partial charge in [0.1, 0.15) is 0 Å². The van der Waals surface area contributed by atoms with Gasteiger partial charge in [-0.05, 0) is 43.5 Å². The molecule has 32 heavy (non-hydrogen) atoms. The fraction of sp³-hybridized carbons (Fsp3) is 0.708. The number of aliphatic imine (C=N–C) groups is 1. The smallest absolute Gasteiger partial charge is 0.191 e. The molecule has 0 bridgehead atoms. The van der Waals surface area contributed by atoms with Crippen LogP contribution in [0, 0.1) is 0 Å². The lowest BCUT2D eigenvalue weighted by molar-refractivity contribution is 0.0169. The van der Waals surface area contributed by atoms with Gasteiger partial charge >= 0.3 is 0 Å². The van der Waals surface area contributed by atoms with Crippen LogP contribution in [0.15, 0.2) is 23.2 Å². The Kier molecular flexibility index (Phi) is 9.89. The number of methoxy groups -OCH3 is 2. The molecule has 2 N–H and O–H groups in total. The van der Waals surface area contributed by atoms with E-state index in [9.17, 15) is 0 Å². The molecule has 0 aromatic heterocycles. The average molecular weight is 448 g/mol. The summed E-state index contributed by atoms with van der Waals surface area (Å²) in [5, 5.41) is 7.23. The minimum absolute atomic E-state index is 0.184. The van der Waals surface area contributed by atoms with Gasteiger partial charge in [0.15, 0.2) is 17.5 Å². The molecule has 3 rings (SSSR count). The maximum Gasteiger partial charge on any atom is 0.191 e. The molecule has 0 aliphatic carbocycles. The van der Waals surface area contributed by atoms with Crippen molar-refractivity contribution in [2.75, 3.05) is 73.7 Å². The van der Waals surface area contributed by atoms with Crippen molar-refractivity contribution in [3.05, 3.63) is 23.8 Å². The van der Waals surface area contributed by atoms with Gasteiger partial charge < -0.3 is 29.7 Å². The van der Waals surface area contributed by atoms with E-state index in [4.69, 9.17) is 14.2 Å². The molecule has 8 heteroatoms. The molecule has 1 atom stereocenters. The molecule has 1 aromatic carbocycles. The van der Waals surface area contributed by atoms with Crippen LogP contribution in [0.2, 0.25) is 0 Å². The normalized spacial score (nSPS) is 20.1. The second-order valence-electron chi connectivity index (χ2n) is 8.49. The summed E-state index contributed by atoms with van der Waals surface area (Å²) < 4.78 is 16.6. The summed E-state index contributed by atoms with van der Waals surface area (Å²) in [5.74, 6) is 2.37. The Morgan fingerprint density at radius 3 is 2.47 bits per heavy atom. The standard InChI is InChI=1S/C24H41N5O3/c1-5-10-28-11-8-20(9-12-28)27-24(25-2)26-18-21(29-13-15-32-16-14-29)19-6-7-22(30-3)23(17-19)31-4/h6-7,17,20-21H,5,8-16,18H2,1-4H3,(H2,25,26,27). The number of hydrogen-bond donors (Lipinski definition) is 2. The molecule has 1 aromatic rings. The first-order valence-electron chi connectivity index (χ1n) is 11.9. The van der Waals surface area contributed by atoms with Gasteiger partial charge in [-0.25, -0.2) is 0 Å². The highest BCUT2D eigenvalue weighted by Gasteiger charge is 2.25. The summed E-state index contributed by atoms with van der Waals surface area (Å²) in [5.41, 5.74) is 1.19. The Balaban J connectivity index is 1.64. The highest BCUT2D eigenvalue weighted by Crippen LogP contribution is 2.32. The molecule has 2 fully saturated rings. The summed E-state index contributed by atoms with van der Waals surface area (Å²) >= 11 is 0. The quantitative estimate of drug-likeness (QED) is 0.444. The number of piperidine rings is 1. The van der Waals surface area contributed by atoms with E-state index < -0.39 is 0 Å². The summed E-state index contributed by atoms with van der Waals surface area (Å²) in [4.78, 5) is 9.52. The SMILES string of the molecule is CCCN1CCC(NC(=NC)NCC(c2ccc(OC)c(OC)c2)N2CCOCC2)CC1. The van der Waals surface area contributed by atoms with Crippen LogP contribution in [0.1, 0.15) is 37.8 Å². The first-order chi connectivity index (χ1) is 15.7. The summed E-state index contributed by atoms with van der Waals surface area (Å²) in [6.07, 6.45) is 3.53. The minimum Gasteiger partial charge on any atom is -0.493 e. The van der Waals surface area contributed by atoms with Crippen molar-refractivity contribution in [2.24, 2.45) is 4.99 Å². The molecular weight excluding hydrogens is 406 g/mol. The van der Waals surface area contributed by atoms with Crippen molar-refractivity contribution in [2.45, 2.75) is 38.3 Å². The number of morpholine rings is 1. The van der Waals surface area contributed by atoms with Crippen LogP contribution in [0.25, 0.3) is 0 Å². The van der Waals surface area contributed by atoms with E-state index in [0.29, 0.717) is 6.04 Å². The average Bonchev–Trinajstić information content (AvgIpc) is 2.85. The number of nitrogens with zero attached hydrogens (tertiary/aromatic N) is 3. The third-order valence-electron chi connectivity index (χ3n) is 6.43. The Morgan fingerprint density at radius 1 is 1.12 bits per heavy atom. The lowest BCUT2D eigenvalue weighted by atomic mass is 10.0. The lowest BCUT2D eigenvalue weighted by Crippen LogP contribution is -2.51. The second-order valence-corrected chi connectivity index (χ2v) is 8.49. The molecule has 0 saturated carbocycles. The zero-order valence-corrected chi connectivity index (χ0v) is 20.2. The number of nitrogens with one attached hydrogen (secondary N) is 2. The third kappa shape index (κ3) is 6.73. The summed E-state index contributed by atoms with van der Waals surface area (Å²) in [7, 11) is 5.20. The fourth-order valence-corrected chi connectivity index (χ4v) is 4.61. The van der Waals surface area contributed by atoms with E-state index in [1.54, 1.807) is 14.2 Å². The summed E-state index contributed by atoms with van der Waals surface area (Å²) in [6.45, 7) is 9.84. The molecule has 2 saturated heterocycles. The van der Waals surface area contributed by atoms with E-state index in [1.807, 2.05) is 13.1 Å². The molecule has 0 radical (unpaired) electrons. The van der Waals surface area contributed by atoms with Gasteiger partial charge in [0.05, 0.1) is 33.5 Å². The van der Waals surface area contributed by atoms with Crippen molar-refractivity contribution >= 4 is 5.96 Å². The summed E-state index contributed by atoms with van der Waals surface area (Å²) in [6, 6.07) is 6.85. The highest BCUT2D eigenvalue weighted by atomic mass is 16.5. The molecule has 180 valence electrons. The van der Waals surface area contributed by atoms with Gasteiger partial charge in [-0.2, -0.15) is 0 Å². The molecule has 2 aliphatic rings. The Morgan fingerprint density at radius 2 is 1.84 bits per heavy atom. The predicted molar refractivity (Wildman–Crippen MR) is 129 cm³/mol. The van der Waals surface area contributed by atoms with E-state index >= 15 is 0 Å².